The molecule has 0 aliphatic rings. The molecule has 4 heteroatoms. The largest absolute Gasteiger partial charge is 0.354 e. The molecule has 0 unspecified atom stereocenters. The average Bonchev–Trinajstić information content (AvgIpc) is 2.32. The van der Waals surface area contributed by atoms with Crippen LogP contribution in [0.15, 0.2) is 42.7 Å². The molecule has 0 saturated heterocycles. The standard InChI is InChI=1S/C13H14ClN3/c1-15-8-10-5-6-16-9-13(10)17-12-4-2-3-11(14)7-12/h2-7,9,15,17H,8H2,1H3. The number of benzene rings is 1. The molecule has 88 valence electrons. The van der Waals surface area contributed by atoms with Gasteiger partial charge in [-0.25, -0.2) is 0 Å². The molecular formula is C13H14ClN3. The van der Waals surface area contributed by atoms with Crippen molar-refractivity contribution in [3.8, 4) is 0 Å². The van der Waals surface area contributed by atoms with Crippen LogP contribution in [0.4, 0.5) is 11.4 Å². The summed E-state index contributed by atoms with van der Waals surface area (Å²) in [4.78, 5) is 4.12. The lowest BCUT2D eigenvalue weighted by Crippen LogP contribution is -2.07. The highest BCUT2D eigenvalue weighted by molar-refractivity contribution is 6.30. The number of nitrogens with zero attached hydrogens (tertiary/aromatic N) is 1. The number of nitrogens with one attached hydrogen (secondary N) is 2. The van der Waals surface area contributed by atoms with Crippen LogP contribution < -0.4 is 10.6 Å². The van der Waals surface area contributed by atoms with Crippen LogP contribution in [0.1, 0.15) is 5.56 Å². The highest BCUT2D eigenvalue weighted by Gasteiger charge is 2.02. The quantitative estimate of drug-likeness (QED) is 0.871. The van der Waals surface area contributed by atoms with Crippen molar-refractivity contribution in [2.45, 2.75) is 6.54 Å². The Morgan fingerprint density at radius 3 is 2.94 bits per heavy atom. The Morgan fingerprint density at radius 1 is 1.29 bits per heavy atom. The summed E-state index contributed by atoms with van der Waals surface area (Å²) in [6.45, 7) is 0.797. The predicted molar refractivity (Wildman–Crippen MR) is 71.7 cm³/mol. The van der Waals surface area contributed by atoms with E-state index in [1.807, 2.05) is 43.6 Å². The normalized spacial score (nSPS) is 10.2. The van der Waals surface area contributed by atoms with Gasteiger partial charge in [-0.1, -0.05) is 17.7 Å². The van der Waals surface area contributed by atoms with Gasteiger partial charge in [0.1, 0.15) is 0 Å². The first kappa shape index (κ1) is 11.9. The van der Waals surface area contributed by atoms with Gasteiger partial charge in [0, 0.05) is 23.5 Å². The molecule has 0 aliphatic heterocycles. The van der Waals surface area contributed by atoms with Crippen LogP contribution in [0, 0.1) is 0 Å². The molecule has 0 saturated carbocycles. The summed E-state index contributed by atoms with van der Waals surface area (Å²) in [5, 5.41) is 7.16. The third-order valence-electron chi connectivity index (χ3n) is 2.38. The molecule has 1 aromatic heterocycles. The number of rotatable bonds is 4. The van der Waals surface area contributed by atoms with Crippen LogP contribution in [-0.4, -0.2) is 12.0 Å². The van der Waals surface area contributed by atoms with E-state index >= 15 is 0 Å². The Balaban J connectivity index is 2.23. The second kappa shape index (κ2) is 5.66. The van der Waals surface area contributed by atoms with Gasteiger partial charge in [-0.3, -0.25) is 4.98 Å². The molecule has 0 spiro atoms. The van der Waals surface area contributed by atoms with Crippen LogP contribution in [0.25, 0.3) is 0 Å². The lowest BCUT2D eigenvalue weighted by molar-refractivity contribution is 0.818. The van der Waals surface area contributed by atoms with E-state index < -0.39 is 0 Å². The van der Waals surface area contributed by atoms with Crippen molar-refractivity contribution in [1.82, 2.24) is 10.3 Å². The van der Waals surface area contributed by atoms with Crippen molar-refractivity contribution in [3.05, 3.63) is 53.3 Å². The van der Waals surface area contributed by atoms with Gasteiger partial charge in [-0.2, -0.15) is 0 Å². The number of hydrogen-bond donors (Lipinski definition) is 2. The summed E-state index contributed by atoms with van der Waals surface area (Å²) in [7, 11) is 1.92. The van der Waals surface area contributed by atoms with Crippen LogP contribution >= 0.6 is 11.6 Å². The van der Waals surface area contributed by atoms with Crippen molar-refractivity contribution in [3.63, 3.8) is 0 Å². The van der Waals surface area contributed by atoms with E-state index in [-0.39, 0.29) is 0 Å². The van der Waals surface area contributed by atoms with Gasteiger partial charge in [0.2, 0.25) is 0 Å². The minimum Gasteiger partial charge on any atom is -0.354 e. The van der Waals surface area contributed by atoms with E-state index in [1.165, 1.54) is 5.56 Å². The fraction of sp³-hybridized carbons (Fsp3) is 0.154. The van der Waals surface area contributed by atoms with Crippen molar-refractivity contribution in [1.29, 1.82) is 0 Å². The molecule has 1 aromatic carbocycles. The van der Waals surface area contributed by atoms with Gasteiger partial charge in [0.05, 0.1) is 11.9 Å². The molecule has 0 radical (unpaired) electrons. The van der Waals surface area contributed by atoms with Gasteiger partial charge in [-0.05, 0) is 36.9 Å². The zero-order valence-electron chi connectivity index (χ0n) is 9.57. The molecule has 2 rings (SSSR count). The van der Waals surface area contributed by atoms with Crippen molar-refractivity contribution in [2.24, 2.45) is 0 Å². The molecule has 0 fully saturated rings. The second-order valence-electron chi connectivity index (χ2n) is 3.70. The van der Waals surface area contributed by atoms with E-state index in [9.17, 15) is 0 Å². The smallest absolute Gasteiger partial charge is 0.0616 e. The van der Waals surface area contributed by atoms with E-state index in [4.69, 9.17) is 11.6 Å². The van der Waals surface area contributed by atoms with Gasteiger partial charge in [0.25, 0.3) is 0 Å². The van der Waals surface area contributed by atoms with E-state index in [2.05, 4.69) is 15.6 Å². The molecular weight excluding hydrogens is 234 g/mol. The Morgan fingerprint density at radius 2 is 2.18 bits per heavy atom. The summed E-state index contributed by atoms with van der Waals surface area (Å²) in [6.07, 6.45) is 3.60. The Labute approximate surface area is 106 Å². The summed E-state index contributed by atoms with van der Waals surface area (Å²) < 4.78 is 0. The van der Waals surface area contributed by atoms with Gasteiger partial charge in [0.15, 0.2) is 0 Å². The molecule has 2 N–H and O–H groups in total. The highest BCUT2D eigenvalue weighted by atomic mass is 35.5. The maximum Gasteiger partial charge on any atom is 0.0616 e. The lowest BCUT2D eigenvalue weighted by Gasteiger charge is -2.11. The lowest BCUT2D eigenvalue weighted by atomic mass is 10.2. The van der Waals surface area contributed by atoms with Crippen LogP contribution in [0.2, 0.25) is 5.02 Å². The van der Waals surface area contributed by atoms with Crippen LogP contribution in [0.3, 0.4) is 0 Å². The summed E-state index contributed by atoms with van der Waals surface area (Å²) in [6, 6.07) is 9.62. The summed E-state index contributed by atoms with van der Waals surface area (Å²) in [5.41, 5.74) is 3.12. The average molecular weight is 248 g/mol. The van der Waals surface area contributed by atoms with Crippen LogP contribution in [0.5, 0.6) is 0 Å². The Kier molecular flexibility index (Phi) is 3.96. The van der Waals surface area contributed by atoms with Gasteiger partial charge >= 0.3 is 0 Å². The fourth-order valence-corrected chi connectivity index (χ4v) is 1.79. The fourth-order valence-electron chi connectivity index (χ4n) is 1.60. The van der Waals surface area contributed by atoms with Crippen molar-refractivity contribution >= 4 is 23.0 Å². The molecule has 2 aromatic rings. The monoisotopic (exact) mass is 247 g/mol. The highest BCUT2D eigenvalue weighted by Crippen LogP contribution is 2.22. The number of aromatic nitrogens is 1. The zero-order valence-corrected chi connectivity index (χ0v) is 10.3. The number of anilines is 2. The van der Waals surface area contributed by atoms with Gasteiger partial charge < -0.3 is 10.6 Å². The summed E-state index contributed by atoms with van der Waals surface area (Å²) in [5.74, 6) is 0. The number of halogens is 1. The minimum atomic E-state index is 0.717. The summed E-state index contributed by atoms with van der Waals surface area (Å²) >= 11 is 5.94. The topological polar surface area (TPSA) is 37.0 Å². The molecule has 17 heavy (non-hydrogen) atoms. The second-order valence-corrected chi connectivity index (χ2v) is 4.13. The Hall–Kier alpha value is -1.58. The first-order valence-corrected chi connectivity index (χ1v) is 5.77. The molecule has 0 bridgehead atoms. The first-order valence-electron chi connectivity index (χ1n) is 5.39. The Bertz CT molecular complexity index is 500. The molecule has 0 atom stereocenters. The number of hydrogen-bond acceptors (Lipinski definition) is 3. The number of pyridine rings is 1. The molecule has 3 nitrogen and oxygen atoms in total. The van der Waals surface area contributed by atoms with E-state index in [1.54, 1.807) is 6.20 Å². The SMILES string of the molecule is CNCc1ccncc1Nc1cccc(Cl)c1. The van der Waals surface area contributed by atoms with Crippen molar-refractivity contribution in [2.75, 3.05) is 12.4 Å². The third kappa shape index (κ3) is 3.19. The maximum absolute atomic E-state index is 5.94. The molecule has 1 heterocycles. The zero-order chi connectivity index (χ0) is 12.1. The maximum atomic E-state index is 5.94. The van der Waals surface area contributed by atoms with Crippen LogP contribution in [-0.2, 0) is 6.54 Å². The van der Waals surface area contributed by atoms with E-state index in [0.29, 0.717) is 5.02 Å². The first-order chi connectivity index (χ1) is 8.29. The predicted octanol–water partition coefficient (Wildman–Crippen LogP) is 3.20. The van der Waals surface area contributed by atoms with E-state index in [0.717, 1.165) is 17.9 Å². The minimum absolute atomic E-state index is 0.717. The van der Waals surface area contributed by atoms with Crippen molar-refractivity contribution < 1.29 is 0 Å². The third-order valence-corrected chi connectivity index (χ3v) is 2.62. The molecule has 0 aliphatic carbocycles. The molecule has 0 amide bonds. The van der Waals surface area contributed by atoms with Gasteiger partial charge in [-0.15, -0.1) is 0 Å².